The Morgan fingerprint density at radius 1 is 1.67 bits per heavy atom. The summed E-state index contributed by atoms with van der Waals surface area (Å²) in [6.07, 6.45) is -2.44. The second kappa shape index (κ2) is 4.03. The summed E-state index contributed by atoms with van der Waals surface area (Å²) in [6, 6.07) is 0. The van der Waals surface area contributed by atoms with Crippen LogP contribution in [0, 0.1) is 10.1 Å². The van der Waals surface area contributed by atoms with E-state index in [0.29, 0.717) is 6.20 Å². The molecule has 0 aliphatic heterocycles. The molecular weight excluding hydrogens is 214 g/mol. The van der Waals surface area contributed by atoms with Gasteiger partial charge in [0.15, 0.2) is 11.4 Å². The molecule has 0 bridgehead atoms. The van der Waals surface area contributed by atoms with Crippen LogP contribution < -0.4 is 4.74 Å². The molecule has 0 amide bonds. The Balaban J connectivity index is 3.49. The van der Waals surface area contributed by atoms with Crippen molar-refractivity contribution in [1.29, 1.82) is 0 Å². The largest absolute Gasteiger partial charge is 0.503 e. The molecule has 82 valence electrons. The van der Waals surface area contributed by atoms with Gasteiger partial charge in [0.1, 0.15) is 0 Å². The molecule has 6 nitrogen and oxygen atoms in total. The van der Waals surface area contributed by atoms with Crippen molar-refractivity contribution in [1.82, 2.24) is 4.98 Å². The fraction of sp³-hybridized carbons (Fsp3) is 0.286. The Bertz CT molecular complexity index is 397. The van der Waals surface area contributed by atoms with Gasteiger partial charge in [0.2, 0.25) is 5.75 Å². The molecule has 15 heavy (non-hydrogen) atoms. The zero-order chi connectivity index (χ0) is 11.6. The van der Waals surface area contributed by atoms with Crippen molar-refractivity contribution < 1.29 is 23.5 Å². The van der Waals surface area contributed by atoms with Crippen molar-refractivity contribution in [2.75, 3.05) is 7.11 Å². The molecule has 1 aromatic rings. The number of nitro groups is 1. The van der Waals surface area contributed by atoms with E-state index in [1.54, 1.807) is 0 Å². The van der Waals surface area contributed by atoms with E-state index in [1.165, 1.54) is 0 Å². The van der Waals surface area contributed by atoms with E-state index in [0.717, 1.165) is 7.11 Å². The Labute approximate surface area is 82.3 Å². The first-order valence-corrected chi connectivity index (χ1v) is 3.67. The molecule has 1 aromatic heterocycles. The first-order chi connectivity index (χ1) is 6.99. The van der Waals surface area contributed by atoms with E-state index < -0.39 is 34.2 Å². The number of methoxy groups -OCH3 is 1. The van der Waals surface area contributed by atoms with Crippen molar-refractivity contribution in [3.05, 3.63) is 22.0 Å². The molecule has 0 saturated heterocycles. The van der Waals surface area contributed by atoms with Gasteiger partial charge in [0.25, 0.3) is 6.43 Å². The Kier molecular flexibility index (Phi) is 2.98. The molecule has 0 fully saturated rings. The SMILES string of the molecule is COc1c(O)cnc(C(F)F)c1[N+](=O)[O-]. The molecule has 8 heteroatoms. The highest BCUT2D eigenvalue weighted by Crippen LogP contribution is 2.40. The lowest BCUT2D eigenvalue weighted by molar-refractivity contribution is -0.387. The highest BCUT2D eigenvalue weighted by atomic mass is 19.3. The van der Waals surface area contributed by atoms with E-state index in [2.05, 4.69) is 9.72 Å². The summed E-state index contributed by atoms with van der Waals surface area (Å²) < 4.78 is 29.1. The van der Waals surface area contributed by atoms with Gasteiger partial charge >= 0.3 is 5.69 Å². The number of alkyl halides is 2. The maximum Gasteiger partial charge on any atom is 0.342 e. The average molecular weight is 220 g/mol. The maximum absolute atomic E-state index is 12.3. The van der Waals surface area contributed by atoms with Crippen LogP contribution in [-0.4, -0.2) is 22.1 Å². The highest BCUT2D eigenvalue weighted by Gasteiger charge is 2.30. The quantitative estimate of drug-likeness (QED) is 0.618. The molecule has 0 aliphatic carbocycles. The van der Waals surface area contributed by atoms with Crippen LogP contribution in [0.2, 0.25) is 0 Å². The van der Waals surface area contributed by atoms with Gasteiger partial charge in [-0.15, -0.1) is 0 Å². The fourth-order valence-electron chi connectivity index (χ4n) is 1.03. The smallest absolute Gasteiger partial charge is 0.342 e. The summed E-state index contributed by atoms with van der Waals surface area (Å²) in [5, 5.41) is 19.6. The zero-order valence-electron chi connectivity index (χ0n) is 7.48. The molecule has 0 atom stereocenters. The standard InChI is InChI=1S/C7H6F2N2O4/c1-15-6-3(12)2-10-4(7(8)9)5(6)11(13)14/h2,7,12H,1H3. The molecular formula is C7H6F2N2O4. The van der Waals surface area contributed by atoms with Crippen LogP contribution in [0.15, 0.2) is 6.20 Å². The number of halogens is 2. The van der Waals surface area contributed by atoms with E-state index in [4.69, 9.17) is 5.11 Å². The molecule has 0 saturated carbocycles. The first kappa shape index (κ1) is 11.1. The van der Waals surface area contributed by atoms with Crippen LogP contribution in [0.1, 0.15) is 12.1 Å². The van der Waals surface area contributed by atoms with E-state index in [9.17, 15) is 18.9 Å². The van der Waals surface area contributed by atoms with Gasteiger partial charge in [-0.25, -0.2) is 13.8 Å². The van der Waals surface area contributed by atoms with Gasteiger partial charge in [0, 0.05) is 0 Å². The summed E-state index contributed by atoms with van der Waals surface area (Å²) in [4.78, 5) is 12.5. The lowest BCUT2D eigenvalue weighted by Crippen LogP contribution is -2.02. The minimum Gasteiger partial charge on any atom is -0.503 e. The summed E-state index contributed by atoms with van der Waals surface area (Å²) in [5.74, 6) is -1.28. The molecule has 0 unspecified atom stereocenters. The third kappa shape index (κ3) is 1.92. The second-order valence-electron chi connectivity index (χ2n) is 2.47. The Morgan fingerprint density at radius 2 is 2.27 bits per heavy atom. The third-order valence-corrected chi connectivity index (χ3v) is 1.61. The summed E-state index contributed by atoms with van der Waals surface area (Å²) >= 11 is 0. The molecule has 0 aromatic carbocycles. The molecule has 1 heterocycles. The fourth-order valence-corrected chi connectivity index (χ4v) is 1.03. The van der Waals surface area contributed by atoms with Crippen molar-refractivity contribution >= 4 is 5.69 Å². The second-order valence-corrected chi connectivity index (χ2v) is 2.47. The molecule has 0 spiro atoms. The first-order valence-electron chi connectivity index (χ1n) is 3.67. The number of aromatic hydroxyl groups is 1. The summed E-state index contributed by atoms with van der Waals surface area (Å²) in [7, 11) is 1.03. The Morgan fingerprint density at radius 3 is 2.67 bits per heavy atom. The Hall–Kier alpha value is -1.99. The van der Waals surface area contributed by atoms with Crippen molar-refractivity contribution in [3.63, 3.8) is 0 Å². The molecule has 0 aliphatic rings. The number of hydrogen-bond acceptors (Lipinski definition) is 5. The van der Waals surface area contributed by atoms with E-state index >= 15 is 0 Å². The van der Waals surface area contributed by atoms with Gasteiger partial charge in [0.05, 0.1) is 18.2 Å². The van der Waals surface area contributed by atoms with Crippen LogP contribution in [0.3, 0.4) is 0 Å². The predicted molar refractivity (Wildman–Crippen MR) is 44.1 cm³/mol. The van der Waals surface area contributed by atoms with Crippen molar-refractivity contribution in [2.24, 2.45) is 0 Å². The lowest BCUT2D eigenvalue weighted by Gasteiger charge is -2.06. The predicted octanol–water partition coefficient (Wildman–Crippen LogP) is 1.64. The minimum atomic E-state index is -3.11. The number of ether oxygens (including phenoxy) is 1. The summed E-state index contributed by atoms with van der Waals surface area (Å²) in [5.41, 5.74) is -2.05. The van der Waals surface area contributed by atoms with Crippen molar-refractivity contribution in [3.8, 4) is 11.5 Å². The number of nitrogens with zero attached hydrogens (tertiary/aromatic N) is 2. The van der Waals surface area contributed by atoms with Crippen molar-refractivity contribution in [2.45, 2.75) is 6.43 Å². The van der Waals surface area contributed by atoms with Crippen LogP contribution in [-0.2, 0) is 0 Å². The van der Waals surface area contributed by atoms with E-state index in [1.807, 2.05) is 0 Å². The van der Waals surface area contributed by atoms with Gasteiger partial charge in [-0.1, -0.05) is 0 Å². The highest BCUT2D eigenvalue weighted by molar-refractivity contribution is 5.57. The lowest BCUT2D eigenvalue weighted by atomic mass is 10.2. The van der Waals surface area contributed by atoms with Crippen LogP contribution in [0.25, 0.3) is 0 Å². The van der Waals surface area contributed by atoms with Gasteiger partial charge < -0.3 is 9.84 Å². The third-order valence-electron chi connectivity index (χ3n) is 1.61. The normalized spacial score (nSPS) is 10.4. The number of rotatable bonds is 3. The minimum absolute atomic E-state index is 0.620. The zero-order valence-corrected chi connectivity index (χ0v) is 7.48. The summed E-state index contributed by atoms with van der Waals surface area (Å²) in [6.45, 7) is 0. The van der Waals surface area contributed by atoms with Crippen LogP contribution >= 0.6 is 0 Å². The average Bonchev–Trinajstić information content (AvgIpc) is 2.16. The van der Waals surface area contributed by atoms with Crippen LogP contribution in [0.5, 0.6) is 11.5 Å². The van der Waals surface area contributed by atoms with Gasteiger partial charge in [-0.3, -0.25) is 10.1 Å². The number of pyridine rings is 1. The molecule has 1 rings (SSSR count). The molecule has 0 radical (unpaired) electrons. The maximum atomic E-state index is 12.3. The van der Waals surface area contributed by atoms with Gasteiger partial charge in [-0.05, 0) is 0 Å². The van der Waals surface area contributed by atoms with E-state index in [-0.39, 0.29) is 0 Å². The number of aromatic nitrogens is 1. The molecule has 1 N–H and O–H groups in total. The number of hydrogen-bond donors (Lipinski definition) is 1. The monoisotopic (exact) mass is 220 g/mol. The topological polar surface area (TPSA) is 85.5 Å². The van der Waals surface area contributed by atoms with Gasteiger partial charge in [-0.2, -0.15) is 0 Å². The van der Waals surface area contributed by atoms with Crippen LogP contribution in [0.4, 0.5) is 14.5 Å².